The maximum atomic E-state index is 12.8. The van der Waals surface area contributed by atoms with E-state index in [4.69, 9.17) is 0 Å². The van der Waals surface area contributed by atoms with E-state index in [-0.39, 0.29) is 18.9 Å². The Morgan fingerprint density at radius 1 is 1.23 bits per heavy atom. The van der Waals surface area contributed by atoms with Crippen LogP contribution in [0.2, 0.25) is 0 Å². The van der Waals surface area contributed by atoms with Crippen LogP contribution in [-0.2, 0) is 13.6 Å². The Hall–Kier alpha value is -1.80. The zero-order valence-electron chi connectivity index (χ0n) is 15.7. The van der Waals surface area contributed by atoms with E-state index in [1.54, 1.807) is 0 Å². The highest BCUT2D eigenvalue weighted by Gasteiger charge is 2.41. The molecule has 0 amide bonds. The Kier molecular flexibility index (Phi) is 7.28. The summed E-state index contributed by atoms with van der Waals surface area (Å²) >= 11 is 0. The highest BCUT2D eigenvalue weighted by Crippen LogP contribution is 2.37. The van der Waals surface area contributed by atoms with Gasteiger partial charge in [-0.05, 0) is 39.0 Å². The average Bonchev–Trinajstić information content (AvgIpc) is 2.91. The van der Waals surface area contributed by atoms with Gasteiger partial charge in [0.2, 0.25) is 0 Å². The molecule has 148 valence electrons. The molecule has 2 rings (SSSR count). The van der Waals surface area contributed by atoms with Crippen molar-refractivity contribution >= 4 is 5.96 Å². The van der Waals surface area contributed by atoms with Gasteiger partial charge in [-0.25, -0.2) is 4.99 Å². The summed E-state index contributed by atoms with van der Waals surface area (Å²) in [5.74, 6) is 1.03. The third-order valence-corrected chi connectivity index (χ3v) is 4.92. The van der Waals surface area contributed by atoms with E-state index in [2.05, 4.69) is 32.7 Å². The first-order valence-corrected chi connectivity index (χ1v) is 9.27. The van der Waals surface area contributed by atoms with Crippen molar-refractivity contribution in [2.75, 3.05) is 6.54 Å². The molecule has 1 aromatic heterocycles. The number of nitrogens with one attached hydrogen (secondary N) is 2. The minimum atomic E-state index is -4.08. The molecule has 0 spiro atoms. The lowest BCUT2D eigenvalue weighted by Crippen LogP contribution is -2.46. The summed E-state index contributed by atoms with van der Waals surface area (Å²) in [6.45, 7) is 5.12. The van der Waals surface area contributed by atoms with Gasteiger partial charge in [-0.1, -0.05) is 13.3 Å². The van der Waals surface area contributed by atoms with Gasteiger partial charge in [-0.15, -0.1) is 10.2 Å². The van der Waals surface area contributed by atoms with Crippen molar-refractivity contribution in [2.45, 2.75) is 71.1 Å². The minimum absolute atomic E-state index is 0.0164. The van der Waals surface area contributed by atoms with Crippen LogP contribution in [0.1, 0.15) is 57.1 Å². The lowest BCUT2D eigenvalue weighted by molar-refractivity contribution is -0.182. The second-order valence-electron chi connectivity index (χ2n) is 6.90. The molecule has 1 saturated carbocycles. The molecule has 1 aromatic rings. The SMILES string of the molecule is CCCCNC(=NCc1nnc(C)n1C)NC1CCC(C(F)(F)F)CC1. The Morgan fingerprint density at radius 2 is 1.92 bits per heavy atom. The molecule has 0 aliphatic heterocycles. The summed E-state index contributed by atoms with van der Waals surface area (Å²) in [7, 11) is 1.89. The van der Waals surface area contributed by atoms with Gasteiger partial charge in [0.05, 0.1) is 5.92 Å². The molecule has 1 heterocycles. The molecule has 26 heavy (non-hydrogen) atoms. The van der Waals surface area contributed by atoms with Gasteiger partial charge in [0, 0.05) is 19.6 Å². The maximum absolute atomic E-state index is 12.8. The number of aliphatic imine (C=N–C) groups is 1. The van der Waals surface area contributed by atoms with E-state index in [1.807, 2.05) is 18.5 Å². The molecule has 9 heteroatoms. The van der Waals surface area contributed by atoms with Crippen LogP contribution in [0.25, 0.3) is 0 Å². The number of rotatable bonds is 6. The summed E-state index contributed by atoms with van der Waals surface area (Å²) in [5, 5.41) is 14.7. The van der Waals surface area contributed by atoms with E-state index in [0.717, 1.165) is 31.0 Å². The van der Waals surface area contributed by atoms with Gasteiger partial charge in [-0.3, -0.25) is 0 Å². The first-order valence-electron chi connectivity index (χ1n) is 9.27. The third-order valence-electron chi connectivity index (χ3n) is 4.92. The van der Waals surface area contributed by atoms with Crippen LogP contribution in [0, 0.1) is 12.8 Å². The Balaban J connectivity index is 1.94. The number of nitrogens with zero attached hydrogens (tertiary/aromatic N) is 4. The number of aryl methyl sites for hydroxylation is 1. The third kappa shape index (κ3) is 5.88. The van der Waals surface area contributed by atoms with Crippen LogP contribution in [0.5, 0.6) is 0 Å². The Bertz CT molecular complexity index is 588. The second-order valence-corrected chi connectivity index (χ2v) is 6.90. The van der Waals surface area contributed by atoms with Crippen LogP contribution in [-0.4, -0.2) is 39.5 Å². The van der Waals surface area contributed by atoms with Gasteiger partial charge in [0.25, 0.3) is 0 Å². The van der Waals surface area contributed by atoms with Crippen molar-refractivity contribution in [3.63, 3.8) is 0 Å². The van der Waals surface area contributed by atoms with E-state index >= 15 is 0 Å². The van der Waals surface area contributed by atoms with Gasteiger partial charge < -0.3 is 15.2 Å². The molecule has 1 aliphatic carbocycles. The number of aromatic nitrogens is 3. The van der Waals surface area contributed by atoms with Crippen molar-refractivity contribution in [3.05, 3.63) is 11.6 Å². The molecule has 0 aromatic carbocycles. The molecule has 0 bridgehead atoms. The number of hydrogen-bond acceptors (Lipinski definition) is 3. The fourth-order valence-corrected chi connectivity index (χ4v) is 3.03. The topological polar surface area (TPSA) is 67.1 Å². The smallest absolute Gasteiger partial charge is 0.356 e. The predicted molar refractivity (Wildman–Crippen MR) is 94.7 cm³/mol. The molecule has 6 nitrogen and oxygen atoms in total. The molecular weight excluding hydrogens is 345 g/mol. The van der Waals surface area contributed by atoms with E-state index < -0.39 is 12.1 Å². The van der Waals surface area contributed by atoms with Crippen molar-refractivity contribution in [1.82, 2.24) is 25.4 Å². The number of alkyl halides is 3. The zero-order valence-corrected chi connectivity index (χ0v) is 15.7. The maximum Gasteiger partial charge on any atom is 0.391 e. The fraction of sp³-hybridized carbons (Fsp3) is 0.824. The van der Waals surface area contributed by atoms with E-state index in [0.29, 0.717) is 25.3 Å². The number of unbranched alkanes of at least 4 members (excludes halogenated alkanes) is 1. The van der Waals surface area contributed by atoms with Gasteiger partial charge in [0.1, 0.15) is 12.4 Å². The first kappa shape index (κ1) is 20.5. The first-order chi connectivity index (χ1) is 12.3. The van der Waals surface area contributed by atoms with Crippen LogP contribution < -0.4 is 10.6 Å². The zero-order chi connectivity index (χ0) is 19.2. The second kappa shape index (κ2) is 9.23. The lowest BCUT2D eigenvalue weighted by atomic mass is 9.85. The standard InChI is InChI=1S/C17H29F3N6/c1-4-5-10-21-16(22-11-15-25-24-12(2)26(15)3)23-14-8-6-13(7-9-14)17(18,19)20/h13-14H,4-11H2,1-3H3,(H2,21,22,23). The van der Waals surface area contributed by atoms with Gasteiger partial charge in [0.15, 0.2) is 11.8 Å². The summed E-state index contributed by atoms with van der Waals surface area (Å²) < 4.78 is 40.3. The molecule has 2 N–H and O–H groups in total. The predicted octanol–water partition coefficient (Wildman–Crippen LogP) is 3.08. The molecule has 1 fully saturated rings. The largest absolute Gasteiger partial charge is 0.391 e. The molecule has 0 atom stereocenters. The lowest BCUT2D eigenvalue weighted by Gasteiger charge is -2.31. The average molecular weight is 374 g/mol. The van der Waals surface area contributed by atoms with Crippen molar-refractivity contribution in [3.8, 4) is 0 Å². The number of guanidine groups is 1. The summed E-state index contributed by atoms with van der Waals surface area (Å²) in [4.78, 5) is 4.55. The van der Waals surface area contributed by atoms with Crippen LogP contribution in [0.15, 0.2) is 4.99 Å². The summed E-state index contributed by atoms with van der Waals surface area (Å²) in [5.41, 5.74) is 0. The Morgan fingerprint density at radius 3 is 2.46 bits per heavy atom. The van der Waals surface area contributed by atoms with Crippen molar-refractivity contribution in [1.29, 1.82) is 0 Å². The monoisotopic (exact) mass is 374 g/mol. The van der Waals surface area contributed by atoms with Gasteiger partial charge >= 0.3 is 6.18 Å². The Labute approximate surface area is 152 Å². The molecule has 0 radical (unpaired) electrons. The van der Waals surface area contributed by atoms with Crippen molar-refractivity contribution in [2.24, 2.45) is 18.0 Å². The summed E-state index contributed by atoms with van der Waals surface area (Å²) in [6, 6.07) is 0.0164. The molecule has 0 saturated heterocycles. The number of hydrogen-bond donors (Lipinski definition) is 2. The quantitative estimate of drug-likeness (QED) is 0.456. The summed E-state index contributed by atoms with van der Waals surface area (Å²) in [6.07, 6.45) is -0.671. The van der Waals surface area contributed by atoms with Gasteiger partial charge in [-0.2, -0.15) is 13.2 Å². The minimum Gasteiger partial charge on any atom is -0.356 e. The molecular formula is C17H29F3N6. The molecule has 1 aliphatic rings. The number of halogens is 3. The van der Waals surface area contributed by atoms with E-state index in [9.17, 15) is 13.2 Å². The van der Waals surface area contributed by atoms with Crippen LogP contribution in [0.3, 0.4) is 0 Å². The highest BCUT2D eigenvalue weighted by molar-refractivity contribution is 5.80. The fourth-order valence-electron chi connectivity index (χ4n) is 3.03. The van der Waals surface area contributed by atoms with E-state index in [1.165, 1.54) is 0 Å². The van der Waals surface area contributed by atoms with Crippen molar-refractivity contribution < 1.29 is 13.2 Å². The highest BCUT2D eigenvalue weighted by atomic mass is 19.4. The normalized spacial score (nSPS) is 21.7. The van der Waals surface area contributed by atoms with Crippen LogP contribution in [0.4, 0.5) is 13.2 Å². The molecule has 0 unspecified atom stereocenters. The van der Waals surface area contributed by atoms with Crippen LogP contribution >= 0.6 is 0 Å².